The number of nitrogens with zero attached hydrogens (tertiary/aromatic N) is 2. The van der Waals surface area contributed by atoms with Gasteiger partial charge in [0, 0.05) is 16.1 Å². The number of aromatic nitrogens is 1. The third-order valence-electron chi connectivity index (χ3n) is 3.61. The smallest absolute Gasteiger partial charge is 0.156 e. The minimum Gasteiger partial charge on any atom is -0.457 e. The molecular weight excluding hydrogens is 428 g/mol. The fourth-order valence-electron chi connectivity index (χ4n) is 2.40. The summed E-state index contributed by atoms with van der Waals surface area (Å²) in [5.74, 6) is 1.42. The van der Waals surface area contributed by atoms with E-state index < -0.39 is 0 Å². The van der Waals surface area contributed by atoms with Gasteiger partial charge in [-0.1, -0.05) is 40.2 Å². The van der Waals surface area contributed by atoms with Gasteiger partial charge < -0.3 is 4.42 Å². The lowest BCUT2D eigenvalue weighted by atomic mass is 10.2. The SMILES string of the molecule is N#CC(=Cc1ccc(-c2ccc(Br)cc2)o1)Sc1nc2ccccc2s1. The number of hydrogen-bond donors (Lipinski definition) is 0. The van der Waals surface area contributed by atoms with Gasteiger partial charge >= 0.3 is 0 Å². The van der Waals surface area contributed by atoms with Gasteiger partial charge in [0.05, 0.1) is 15.1 Å². The number of benzene rings is 2. The predicted molar refractivity (Wildman–Crippen MR) is 111 cm³/mol. The fourth-order valence-corrected chi connectivity index (χ4v) is 4.62. The van der Waals surface area contributed by atoms with Crippen LogP contribution in [0.2, 0.25) is 0 Å². The number of thiazole rings is 1. The van der Waals surface area contributed by atoms with Crippen LogP contribution >= 0.6 is 39.0 Å². The van der Waals surface area contributed by atoms with Crippen LogP contribution in [-0.4, -0.2) is 4.98 Å². The first-order chi connectivity index (χ1) is 12.7. The molecule has 0 saturated heterocycles. The van der Waals surface area contributed by atoms with E-state index in [1.54, 1.807) is 17.4 Å². The van der Waals surface area contributed by atoms with Crippen LogP contribution in [0.3, 0.4) is 0 Å². The van der Waals surface area contributed by atoms with E-state index in [0.29, 0.717) is 10.7 Å². The molecule has 0 saturated carbocycles. The molecule has 0 N–H and O–H groups in total. The van der Waals surface area contributed by atoms with E-state index in [2.05, 4.69) is 27.0 Å². The molecule has 0 aliphatic heterocycles. The Labute approximate surface area is 167 Å². The van der Waals surface area contributed by atoms with Crippen LogP contribution in [0, 0.1) is 11.3 Å². The van der Waals surface area contributed by atoms with Crippen LogP contribution in [0.5, 0.6) is 0 Å². The Hall–Kier alpha value is -2.33. The highest BCUT2D eigenvalue weighted by Crippen LogP contribution is 2.35. The Balaban J connectivity index is 1.57. The molecule has 26 heavy (non-hydrogen) atoms. The number of halogens is 1. The van der Waals surface area contributed by atoms with Crippen LogP contribution in [0.1, 0.15) is 5.76 Å². The van der Waals surface area contributed by atoms with Crippen molar-refractivity contribution in [1.29, 1.82) is 5.26 Å². The standard InChI is InChI=1S/C20H11BrN2OS2/c21-14-7-5-13(6-8-14)18-10-9-15(24-18)11-16(12-22)25-20-23-17-3-1-2-4-19(17)26-20/h1-11H. The number of para-hydroxylation sites is 1. The predicted octanol–water partition coefficient (Wildman–Crippen LogP) is 6.98. The third kappa shape index (κ3) is 3.75. The van der Waals surface area contributed by atoms with Gasteiger partial charge in [-0.05, 0) is 48.2 Å². The molecule has 2 aromatic heterocycles. The highest BCUT2D eigenvalue weighted by atomic mass is 79.9. The Morgan fingerprint density at radius 3 is 2.69 bits per heavy atom. The zero-order valence-corrected chi connectivity index (χ0v) is 16.6. The Bertz CT molecular complexity index is 1100. The van der Waals surface area contributed by atoms with E-state index in [-0.39, 0.29) is 0 Å². The molecule has 0 bridgehead atoms. The molecule has 0 spiro atoms. The lowest BCUT2D eigenvalue weighted by Crippen LogP contribution is -1.74. The fraction of sp³-hybridized carbons (Fsp3) is 0. The van der Waals surface area contributed by atoms with Gasteiger partial charge in [0.25, 0.3) is 0 Å². The monoisotopic (exact) mass is 438 g/mol. The first kappa shape index (κ1) is 17.1. The van der Waals surface area contributed by atoms with Gasteiger partial charge in [-0.15, -0.1) is 11.3 Å². The summed E-state index contributed by atoms with van der Waals surface area (Å²) < 4.78 is 8.85. The summed E-state index contributed by atoms with van der Waals surface area (Å²) in [7, 11) is 0. The highest BCUT2D eigenvalue weighted by Gasteiger charge is 2.09. The minimum absolute atomic E-state index is 0.542. The molecular formula is C20H11BrN2OS2. The number of thioether (sulfide) groups is 1. The van der Waals surface area contributed by atoms with E-state index in [4.69, 9.17) is 4.42 Å². The topological polar surface area (TPSA) is 49.8 Å². The molecule has 4 aromatic rings. The number of allylic oxidation sites excluding steroid dienone is 1. The van der Waals surface area contributed by atoms with Crippen molar-refractivity contribution in [2.45, 2.75) is 4.34 Å². The molecule has 0 atom stereocenters. The second-order valence-electron chi connectivity index (χ2n) is 5.38. The molecule has 0 aliphatic rings. The van der Waals surface area contributed by atoms with Crippen LogP contribution in [0.4, 0.5) is 0 Å². The molecule has 2 heterocycles. The van der Waals surface area contributed by atoms with Crippen molar-refractivity contribution < 1.29 is 4.42 Å². The van der Waals surface area contributed by atoms with Gasteiger partial charge in [0.1, 0.15) is 17.6 Å². The van der Waals surface area contributed by atoms with Gasteiger partial charge in [-0.3, -0.25) is 0 Å². The van der Waals surface area contributed by atoms with E-state index in [0.717, 1.165) is 30.4 Å². The first-order valence-electron chi connectivity index (χ1n) is 7.72. The van der Waals surface area contributed by atoms with Crippen LogP contribution in [0.15, 0.2) is 78.8 Å². The normalized spacial score (nSPS) is 11.6. The molecule has 2 aromatic carbocycles. The van der Waals surface area contributed by atoms with E-state index in [1.807, 2.05) is 60.7 Å². The summed E-state index contributed by atoms with van der Waals surface area (Å²) >= 11 is 6.36. The average molecular weight is 439 g/mol. The maximum atomic E-state index is 9.47. The Morgan fingerprint density at radius 2 is 1.92 bits per heavy atom. The first-order valence-corrected chi connectivity index (χ1v) is 10.1. The molecule has 6 heteroatoms. The molecule has 0 amide bonds. The van der Waals surface area contributed by atoms with Gasteiger partial charge in [0.15, 0.2) is 4.34 Å². The van der Waals surface area contributed by atoms with Crippen LogP contribution in [-0.2, 0) is 0 Å². The van der Waals surface area contributed by atoms with Crippen molar-refractivity contribution >= 4 is 55.3 Å². The summed E-state index contributed by atoms with van der Waals surface area (Å²) in [6.45, 7) is 0. The second kappa shape index (κ2) is 7.50. The molecule has 0 fully saturated rings. The molecule has 3 nitrogen and oxygen atoms in total. The van der Waals surface area contributed by atoms with Crippen LogP contribution < -0.4 is 0 Å². The summed E-state index contributed by atoms with van der Waals surface area (Å²) in [5, 5.41) is 9.47. The van der Waals surface area contributed by atoms with Gasteiger partial charge in [0.2, 0.25) is 0 Å². The van der Waals surface area contributed by atoms with Gasteiger partial charge in [-0.2, -0.15) is 5.26 Å². The summed E-state index contributed by atoms with van der Waals surface area (Å²) in [6, 6.07) is 21.9. The number of nitriles is 1. The molecule has 126 valence electrons. The maximum Gasteiger partial charge on any atom is 0.156 e. The zero-order valence-electron chi connectivity index (χ0n) is 13.3. The second-order valence-corrected chi connectivity index (χ2v) is 8.61. The highest BCUT2D eigenvalue weighted by molar-refractivity contribution is 9.10. The zero-order chi connectivity index (χ0) is 17.9. The molecule has 4 rings (SSSR count). The van der Waals surface area contributed by atoms with Gasteiger partial charge in [-0.25, -0.2) is 4.98 Å². The van der Waals surface area contributed by atoms with Crippen LogP contribution in [0.25, 0.3) is 27.6 Å². The quantitative estimate of drug-likeness (QED) is 0.254. The van der Waals surface area contributed by atoms with E-state index >= 15 is 0 Å². The number of rotatable bonds is 4. The number of fused-ring (bicyclic) bond motifs is 1. The van der Waals surface area contributed by atoms with Crippen molar-refractivity contribution in [3.05, 3.63) is 75.8 Å². The maximum absolute atomic E-state index is 9.47. The Kier molecular flexibility index (Phi) is 4.93. The van der Waals surface area contributed by atoms with Crippen molar-refractivity contribution in [3.8, 4) is 17.4 Å². The third-order valence-corrected chi connectivity index (χ3v) is 6.17. The molecule has 0 radical (unpaired) electrons. The Morgan fingerprint density at radius 1 is 1.12 bits per heavy atom. The summed E-state index contributed by atoms with van der Waals surface area (Å²) in [5.41, 5.74) is 1.94. The van der Waals surface area contributed by atoms with Crippen molar-refractivity contribution in [3.63, 3.8) is 0 Å². The average Bonchev–Trinajstić information content (AvgIpc) is 3.28. The number of hydrogen-bond acceptors (Lipinski definition) is 5. The lowest BCUT2D eigenvalue weighted by molar-refractivity contribution is 0.571. The largest absolute Gasteiger partial charge is 0.457 e. The van der Waals surface area contributed by atoms with E-state index in [1.165, 1.54) is 11.8 Å². The van der Waals surface area contributed by atoms with Crippen molar-refractivity contribution in [2.24, 2.45) is 0 Å². The lowest BCUT2D eigenvalue weighted by Gasteiger charge is -1.97. The molecule has 0 aliphatic carbocycles. The van der Waals surface area contributed by atoms with Crippen molar-refractivity contribution in [2.75, 3.05) is 0 Å². The summed E-state index contributed by atoms with van der Waals surface area (Å²) in [4.78, 5) is 5.10. The number of furan rings is 1. The van der Waals surface area contributed by atoms with Crippen molar-refractivity contribution in [1.82, 2.24) is 4.98 Å². The minimum atomic E-state index is 0.542. The molecule has 0 unspecified atom stereocenters. The van der Waals surface area contributed by atoms with E-state index in [9.17, 15) is 5.26 Å². The summed E-state index contributed by atoms with van der Waals surface area (Å²) in [6.07, 6.45) is 1.75.